The fourth-order valence-corrected chi connectivity index (χ4v) is 4.13. The van der Waals surface area contributed by atoms with Crippen molar-refractivity contribution in [2.75, 3.05) is 26.3 Å². The average Bonchev–Trinajstić information content (AvgIpc) is 3.27. The zero-order chi connectivity index (χ0) is 28.9. The Labute approximate surface area is 202 Å². The van der Waals surface area contributed by atoms with Crippen molar-refractivity contribution in [3.63, 3.8) is 0 Å². The Hall–Kier alpha value is -3.23. The highest BCUT2D eigenvalue weighted by Gasteiger charge is 2.40. The van der Waals surface area contributed by atoms with Gasteiger partial charge in [-0.05, 0) is 29.6 Å². The molecule has 0 aliphatic carbocycles. The van der Waals surface area contributed by atoms with Gasteiger partial charge in [0.1, 0.15) is 18.4 Å². The molecule has 33 heavy (non-hydrogen) atoms. The summed E-state index contributed by atoms with van der Waals surface area (Å²) in [5.41, 5.74) is 0.142. The fourth-order valence-electron chi connectivity index (χ4n) is 4.13. The molecule has 2 aromatic rings. The first-order chi connectivity index (χ1) is 19.0. The zero-order valence-corrected chi connectivity index (χ0v) is 17.9. The van der Waals surface area contributed by atoms with E-state index in [-0.39, 0.29) is 78.1 Å². The third-order valence-corrected chi connectivity index (χ3v) is 5.90. The predicted molar refractivity (Wildman–Crippen MR) is 119 cm³/mol. The van der Waals surface area contributed by atoms with Crippen LogP contribution in [0.25, 0.3) is 0 Å². The standard InChI is InChI=1S/C25H27N3O5/c29-23-9-8-21(24(30)26-23)28-15-20-19(25(28)31)2-1-3-22(20)33-16-18-6-4-17(5-7-18)14-27-10-12-32-13-11-27/h1-7,21H,8-16H2,(H,26,29,30)/i1D,2D,3D,4D,5D,6D,7D. The molecule has 1 N–H and O–H groups in total. The van der Waals surface area contributed by atoms with Crippen molar-refractivity contribution in [1.29, 1.82) is 0 Å². The fraction of sp³-hybridized carbons (Fsp3) is 0.400. The maximum Gasteiger partial charge on any atom is 0.255 e. The molecule has 2 aromatic carbocycles. The van der Waals surface area contributed by atoms with Crippen LogP contribution in [0.15, 0.2) is 42.3 Å². The SMILES string of the molecule is [2H]c1c([2H])c(OCc2c([2H])c([2H])c(CN3CCOCC3)c([2H])c2[2H])c2c(c1[2H])C(=O)N(C1CCC(=O)NC1=O)C2. The average molecular weight is 457 g/mol. The number of nitrogens with one attached hydrogen (secondary N) is 1. The van der Waals surface area contributed by atoms with Gasteiger partial charge in [0, 0.05) is 37.2 Å². The molecule has 2 fully saturated rings. The smallest absolute Gasteiger partial charge is 0.255 e. The van der Waals surface area contributed by atoms with Crippen LogP contribution in [0.4, 0.5) is 0 Å². The Kier molecular flexibility index (Phi) is 4.19. The number of piperidine rings is 1. The number of morpholine rings is 1. The molecule has 8 heteroatoms. The van der Waals surface area contributed by atoms with E-state index in [0.717, 1.165) is 0 Å². The lowest BCUT2D eigenvalue weighted by Crippen LogP contribution is -2.52. The van der Waals surface area contributed by atoms with E-state index in [0.29, 0.717) is 26.3 Å². The third kappa shape index (κ3) is 4.62. The summed E-state index contributed by atoms with van der Waals surface area (Å²) in [5.74, 6) is -1.99. The number of hydrogen-bond donors (Lipinski definition) is 1. The van der Waals surface area contributed by atoms with Crippen molar-refractivity contribution in [2.45, 2.75) is 38.6 Å². The molecule has 3 amide bonds. The van der Waals surface area contributed by atoms with Crippen LogP contribution < -0.4 is 10.1 Å². The Bertz CT molecular complexity index is 1400. The Morgan fingerprint density at radius 2 is 1.82 bits per heavy atom. The van der Waals surface area contributed by atoms with E-state index >= 15 is 0 Å². The minimum absolute atomic E-state index is 0.0337. The highest BCUT2D eigenvalue weighted by Crippen LogP contribution is 2.34. The van der Waals surface area contributed by atoms with Crippen LogP contribution in [0, 0.1) is 0 Å². The van der Waals surface area contributed by atoms with E-state index in [9.17, 15) is 14.4 Å². The molecule has 3 heterocycles. The van der Waals surface area contributed by atoms with Gasteiger partial charge in [0.05, 0.1) is 29.4 Å². The van der Waals surface area contributed by atoms with Gasteiger partial charge in [-0.25, -0.2) is 0 Å². The molecule has 0 radical (unpaired) electrons. The lowest BCUT2D eigenvalue weighted by Gasteiger charge is -2.29. The van der Waals surface area contributed by atoms with Crippen LogP contribution in [0.2, 0.25) is 0 Å². The van der Waals surface area contributed by atoms with Crippen molar-refractivity contribution in [2.24, 2.45) is 0 Å². The highest BCUT2D eigenvalue weighted by atomic mass is 16.5. The molecule has 2 saturated heterocycles. The third-order valence-electron chi connectivity index (χ3n) is 5.90. The van der Waals surface area contributed by atoms with E-state index < -0.39 is 48.5 Å². The number of benzene rings is 2. The summed E-state index contributed by atoms with van der Waals surface area (Å²) in [6.07, 6.45) is 0.126. The molecule has 172 valence electrons. The summed E-state index contributed by atoms with van der Waals surface area (Å²) >= 11 is 0. The number of ether oxygens (including phenoxy) is 2. The highest BCUT2D eigenvalue weighted by molar-refractivity contribution is 6.05. The van der Waals surface area contributed by atoms with Gasteiger partial charge < -0.3 is 14.4 Å². The summed E-state index contributed by atoms with van der Waals surface area (Å²) in [6.45, 7) is 1.82. The molecule has 8 nitrogen and oxygen atoms in total. The van der Waals surface area contributed by atoms with Gasteiger partial charge >= 0.3 is 0 Å². The lowest BCUT2D eigenvalue weighted by molar-refractivity contribution is -0.136. The first kappa shape index (κ1) is 14.8. The second kappa shape index (κ2) is 9.33. The normalized spacial score (nSPS) is 24.1. The molecule has 0 aromatic heterocycles. The van der Waals surface area contributed by atoms with Crippen molar-refractivity contribution < 1.29 is 33.5 Å². The molecule has 0 saturated carbocycles. The second-order valence-corrected chi connectivity index (χ2v) is 8.09. The van der Waals surface area contributed by atoms with Crippen molar-refractivity contribution in [1.82, 2.24) is 15.1 Å². The summed E-state index contributed by atoms with van der Waals surface area (Å²) in [4.78, 5) is 40.4. The quantitative estimate of drug-likeness (QED) is 0.668. The van der Waals surface area contributed by atoms with Gasteiger partial charge in [0.2, 0.25) is 11.8 Å². The number of fused-ring (bicyclic) bond motifs is 1. The largest absolute Gasteiger partial charge is 0.489 e. The Balaban J connectivity index is 1.45. The number of nitrogens with zero attached hydrogens (tertiary/aromatic N) is 2. The topological polar surface area (TPSA) is 88.2 Å². The van der Waals surface area contributed by atoms with Crippen molar-refractivity contribution >= 4 is 17.7 Å². The molecule has 1 unspecified atom stereocenters. The van der Waals surface area contributed by atoms with Gasteiger partial charge in [-0.3, -0.25) is 24.6 Å². The van der Waals surface area contributed by atoms with Crippen molar-refractivity contribution in [3.8, 4) is 5.75 Å². The number of carbonyl (C=O) groups is 3. The van der Waals surface area contributed by atoms with Crippen LogP contribution in [0.5, 0.6) is 5.75 Å². The van der Waals surface area contributed by atoms with E-state index in [2.05, 4.69) is 5.32 Å². The minimum atomic E-state index is -0.969. The van der Waals surface area contributed by atoms with Crippen LogP contribution in [-0.2, 0) is 34.0 Å². The van der Waals surface area contributed by atoms with Gasteiger partial charge in [-0.2, -0.15) is 0 Å². The summed E-state index contributed by atoms with van der Waals surface area (Å²) < 4.78 is 70.1. The first-order valence-electron chi connectivity index (χ1n) is 14.3. The molecule has 3 aliphatic rings. The Morgan fingerprint density at radius 3 is 2.58 bits per heavy atom. The number of rotatable bonds is 6. The van der Waals surface area contributed by atoms with Gasteiger partial charge in [0.15, 0.2) is 0 Å². The summed E-state index contributed by atoms with van der Waals surface area (Å²) in [7, 11) is 0. The number of imide groups is 1. The van der Waals surface area contributed by atoms with E-state index in [1.807, 2.05) is 4.90 Å². The number of carbonyl (C=O) groups excluding carboxylic acids is 3. The molecule has 1 atom stereocenters. The molecular formula is C25H27N3O5. The molecule has 0 spiro atoms. The second-order valence-electron chi connectivity index (χ2n) is 8.09. The monoisotopic (exact) mass is 456 g/mol. The van der Waals surface area contributed by atoms with Crippen LogP contribution in [0.1, 0.15) is 49.5 Å². The molecular weight excluding hydrogens is 422 g/mol. The van der Waals surface area contributed by atoms with Crippen molar-refractivity contribution in [3.05, 3.63) is 64.6 Å². The number of hydrogen-bond acceptors (Lipinski definition) is 6. The maximum atomic E-state index is 13.3. The zero-order valence-electron chi connectivity index (χ0n) is 24.9. The molecule has 5 rings (SSSR count). The predicted octanol–water partition coefficient (Wildman–Crippen LogP) is 1.86. The Morgan fingerprint density at radius 1 is 1.06 bits per heavy atom. The lowest BCUT2D eigenvalue weighted by atomic mass is 10.0. The first-order valence-corrected chi connectivity index (χ1v) is 10.8. The molecule has 0 bridgehead atoms. The summed E-state index contributed by atoms with van der Waals surface area (Å²) in [6, 6.07) is -3.48. The van der Waals surface area contributed by atoms with Crippen LogP contribution >= 0.6 is 0 Å². The van der Waals surface area contributed by atoms with Gasteiger partial charge in [-0.15, -0.1) is 0 Å². The van der Waals surface area contributed by atoms with E-state index in [1.54, 1.807) is 0 Å². The van der Waals surface area contributed by atoms with E-state index in [4.69, 9.17) is 19.1 Å². The summed E-state index contributed by atoms with van der Waals surface area (Å²) in [5, 5.41) is 2.20. The van der Waals surface area contributed by atoms with Gasteiger partial charge in [-0.1, -0.05) is 30.2 Å². The maximum absolute atomic E-state index is 13.3. The van der Waals surface area contributed by atoms with Crippen LogP contribution in [0.3, 0.4) is 0 Å². The van der Waals surface area contributed by atoms with Crippen LogP contribution in [-0.4, -0.2) is 59.9 Å². The van der Waals surface area contributed by atoms with Gasteiger partial charge in [0.25, 0.3) is 5.91 Å². The number of amides is 3. The molecule has 3 aliphatic heterocycles. The van der Waals surface area contributed by atoms with E-state index in [1.165, 1.54) is 4.90 Å². The minimum Gasteiger partial charge on any atom is -0.489 e.